The van der Waals surface area contributed by atoms with Gasteiger partial charge in [-0.05, 0) is 48.9 Å². The number of carbonyl (C=O) groups excluding carboxylic acids is 1. The third-order valence-corrected chi connectivity index (χ3v) is 6.99. The molecule has 1 aliphatic rings. The Balaban J connectivity index is 1.42. The molecule has 7 heteroatoms. The van der Waals surface area contributed by atoms with E-state index in [4.69, 9.17) is 4.98 Å². The minimum absolute atomic E-state index is 0.0883. The standard InChI is InChI=1S/C31H32N4O3/c36-25-15-9-14-24(20-25)29(37)27-16-7-8-19-35(27)30(38)26-21-33-31(32-18-17-22-10-3-1-4-11-22)34-28(26)23-12-5-2-6-13-23/h1-6,9-15,20-21,27,29,36-37H,7-8,16-19H2,(H,32,33,34). The second-order valence-electron chi connectivity index (χ2n) is 9.59. The fraction of sp³-hybridized carbons (Fsp3) is 0.258. The molecule has 1 aromatic heterocycles. The molecule has 7 nitrogen and oxygen atoms in total. The van der Waals surface area contributed by atoms with Crippen LogP contribution in [0.15, 0.2) is 91.1 Å². The van der Waals surface area contributed by atoms with Crippen LogP contribution in [0.5, 0.6) is 5.75 Å². The van der Waals surface area contributed by atoms with Crippen LogP contribution < -0.4 is 5.32 Å². The number of nitrogens with zero attached hydrogens (tertiary/aromatic N) is 3. The highest BCUT2D eigenvalue weighted by atomic mass is 16.3. The summed E-state index contributed by atoms with van der Waals surface area (Å²) in [4.78, 5) is 25.0. The Hall–Kier alpha value is -4.23. The molecule has 1 amide bonds. The maximum Gasteiger partial charge on any atom is 0.258 e. The quantitative estimate of drug-likeness (QED) is 0.301. The highest BCUT2D eigenvalue weighted by molar-refractivity contribution is 6.00. The lowest BCUT2D eigenvalue weighted by Crippen LogP contribution is -2.47. The van der Waals surface area contributed by atoms with Crippen LogP contribution >= 0.6 is 0 Å². The van der Waals surface area contributed by atoms with Crippen molar-refractivity contribution in [3.05, 3.63) is 108 Å². The van der Waals surface area contributed by atoms with Crippen LogP contribution in [0, 0.1) is 0 Å². The van der Waals surface area contributed by atoms with Crippen molar-refractivity contribution in [1.82, 2.24) is 14.9 Å². The molecular weight excluding hydrogens is 476 g/mol. The summed E-state index contributed by atoms with van der Waals surface area (Å²) in [5.41, 5.74) is 3.60. The van der Waals surface area contributed by atoms with Crippen LogP contribution in [0.1, 0.15) is 46.9 Å². The molecule has 0 radical (unpaired) electrons. The van der Waals surface area contributed by atoms with Crippen LogP contribution in [0.4, 0.5) is 5.95 Å². The molecule has 5 rings (SSSR count). The number of aromatic nitrogens is 2. The fourth-order valence-corrected chi connectivity index (χ4v) is 5.03. The summed E-state index contributed by atoms with van der Waals surface area (Å²) in [6, 6.07) is 26.0. The first kappa shape index (κ1) is 25.4. The summed E-state index contributed by atoms with van der Waals surface area (Å²) < 4.78 is 0. The van der Waals surface area contributed by atoms with E-state index in [0.29, 0.717) is 42.3 Å². The maximum absolute atomic E-state index is 14.0. The van der Waals surface area contributed by atoms with Crippen molar-refractivity contribution in [2.45, 2.75) is 37.8 Å². The van der Waals surface area contributed by atoms with E-state index in [1.54, 1.807) is 35.4 Å². The monoisotopic (exact) mass is 508 g/mol. The molecule has 1 fully saturated rings. The van der Waals surface area contributed by atoms with Crippen molar-refractivity contribution in [2.24, 2.45) is 0 Å². The van der Waals surface area contributed by atoms with E-state index in [-0.39, 0.29) is 11.7 Å². The zero-order valence-corrected chi connectivity index (χ0v) is 21.2. The maximum atomic E-state index is 14.0. The largest absolute Gasteiger partial charge is 0.508 e. The Bertz CT molecular complexity index is 1360. The lowest BCUT2D eigenvalue weighted by atomic mass is 9.92. The molecule has 4 aromatic rings. The topological polar surface area (TPSA) is 98.6 Å². The average molecular weight is 509 g/mol. The molecule has 3 aromatic carbocycles. The van der Waals surface area contributed by atoms with E-state index in [1.807, 2.05) is 48.5 Å². The van der Waals surface area contributed by atoms with Crippen LogP contribution in [-0.2, 0) is 6.42 Å². The molecule has 2 heterocycles. The zero-order valence-electron chi connectivity index (χ0n) is 21.2. The summed E-state index contributed by atoms with van der Waals surface area (Å²) in [7, 11) is 0. The van der Waals surface area contributed by atoms with Gasteiger partial charge in [0, 0.05) is 24.8 Å². The lowest BCUT2D eigenvalue weighted by molar-refractivity contribution is 0.0211. The molecule has 2 atom stereocenters. The van der Waals surface area contributed by atoms with E-state index in [9.17, 15) is 15.0 Å². The molecular formula is C31H32N4O3. The minimum atomic E-state index is -0.911. The van der Waals surface area contributed by atoms with Gasteiger partial charge in [0.25, 0.3) is 5.91 Å². The first-order chi connectivity index (χ1) is 18.6. The van der Waals surface area contributed by atoms with Crippen molar-refractivity contribution in [3.63, 3.8) is 0 Å². The van der Waals surface area contributed by atoms with Crippen molar-refractivity contribution < 1.29 is 15.0 Å². The SMILES string of the molecule is O=C(c1cnc(NCCc2ccccc2)nc1-c1ccccc1)N1CCCCC1C(O)c1cccc(O)c1. The first-order valence-corrected chi connectivity index (χ1v) is 13.1. The molecule has 194 valence electrons. The number of piperidine rings is 1. The highest BCUT2D eigenvalue weighted by Crippen LogP contribution is 2.32. The molecule has 0 bridgehead atoms. The summed E-state index contributed by atoms with van der Waals surface area (Å²) in [5, 5.41) is 24.4. The van der Waals surface area contributed by atoms with Gasteiger partial charge in [0.2, 0.25) is 5.95 Å². The van der Waals surface area contributed by atoms with Gasteiger partial charge in [-0.1, -0.05) is 72.8 Å². The second kappa shape index (κ2) is 11.9. The third-order valence-electron chi connectivity index (χ3n) is 6.99. The van der Waals surface area contributed by atoms with E-state index < -0.39 is 12.1 Å². The molecule has 38 heavy (non-hydrogen) atoms. The number of nitrogens with one attached hydrogen (secondary N) is 1. The molecule has 1 saturated heterocycles. The fourth-order valence-electron chi connectivity index (χ4n) is 5.03. The zero-order chi connectivity index (χ0) is 26.3. The van der Waals surface area contributed by atoms with Crippen LogP contribution in [0.3, 0.4) is 0 Å². The predicted octanol–water partition coefficient (Wildman–Crippen LogP) is 5.23. The number of hydrogen-bond donors (Lipinski definition) is 3. The molecule has 0 spiro atoms. The number of aliphatic hydroxyl groups excluding tert-OH is 1. The van der Waals surface area contributed by atoms with Crippen LogP contribution in [-0.4, -0.2) is 50.1 Å². The lowest BCUT2D eigenvalue weighted by Gasteiger charge is -2.39. The Kier molecular flexibility index (Phi) is 7.95. The number of hydrogen-bond acceptors (Lipinski definition) is 6. The number of phenolic OH excluding ortho intramolecular Hbond substituents is 1. The normalized spacial score (nSPS) is 16.1. The average Bonchev–Trinajstić information content (AvgIpc) is 2.97. The number of carbonyl (C=O) groups is 1. The van der Waals surface area contributed by atoms with Gasteiger partial charge in [-0.2, -0.15) is 0 Å². The van der Waals surface area contributed by atoms with Gasteiger partial charge >= 0.3 is 0 Å². The smallest absolute Gasteiger partial charge is 0.258 e. The van der Waals surface area contributed by atoms with Gasteiger partial charge in [-0.25, -0.2) is 9.97 Å². The Labute approximate surface area is 222 Å². The van der Waals surface area contributed by atoms with Gasteiger partial charge < -0.3 is 20.4 Å². The Morgan fingerprint density at radius 1 is 1.00 bits per heavy atom. The van der Waals surface area contributed by atoms with E-state index in [1.165, 1.54) is 5.56 Å². The van der Waals surface area contributed by atoms with Crippen molar-refractivity contribution >= 4 is 11.9 Å². The van der Waals surface area contributed by atoms with Gasteiger partial charge in [-0.3, -0.25) is 4.79 Å². The number of phenols is 1. The number of aromatic hydroxyl groups is 1. The number of aliphatic hydroxyl groups is 1. The predicted molar refractivity (Wildman–Crippen MR) is 148 cm³/mol. The number of amides is 1. The number of rotatable bonds is 8. The molecule has 0 saturated carbocycles. The van der Waals surface area contributed by atoms with E-state index in [0.717, 1.165) is 24.8 Å². The number of anilines is 1. The molecule has 3 N–H and O–H groups in total. The number of benzene rings is 3. The van der Waals surface area contributed by atoms with E-state index >= 15 is 0 Å². The highest BCUT2D eigenvalue weighted by Gasteiger charge is 2.35. The Morgan fingerprint density at radius 3 is 2.53 bits per heavy atom. The molecule has 1 aliphatic heterocycles. The van der Waals surface area contributed by atoms with Crippen molar-refractivity contribution in [1.29, 1.82) is 0 Å². The number of likely N-dealkylation sites (tertiary alicyclic amines) is 1. The summed E-state index contributed by atoms with van der Waals surface area (Å²) >= 11 is 0. The van der Waals surface area contributed by atoms with Gasteiger partial charge in [0.15, 0.2) is 0 Å². The summed E-state index contributed by atoms with van der Waals surface area (Å²) in [6.45, 7) is 1.19. The van der Waals surface area contributed by atoms with Gasteiger partial charge in [-0.15, -0.1) is 0 Å². The van der Waals surface area contributed by atoms with Crippen LogP contribution in [0.25, 0.3) is 11.3 Å². The Morgan fingerprint density at radius 2 is 1.76 bits per heavy atom. The first-order valence-electron chi connectivity index (χ1n) is 13.1. The third kappa shape index (κ3) is 5.84. The van der Waals surface area contributed by atoms with Crippen molar-refractivity contribution in [3.8, 4) is 17.0 Å². The molecule has 0 aliphatic carbocycles. The van der Waals surface area contributed by atoms with E-state index in [2.05, 4.69) is 22.4 Å². The summed E-state index contributed by atoms with van der Waals surface area (Å²) in [6.07, 6.45) is 3.95. The van der Waals surface area contributed by atoms with Gasteiger partial charge in [0.1, 0.15) is 5.75 Å². The summed E-state index contributed by atoms with van der Waals surface area (Å²) in [5.74, 6) is 0.347. The van der Waals surface area contributed by atoms with Crippen molar-refractivity contribution in [2.75, 3.05) is 18.4 Å². The second-order valence-corrected chi connectivity index (χ2v) is 9.59. The molecule has 2 unspecified atom stereocenters. The van der Waals surface area contributed by atoms with Crippen LogP contribution in [0.2, 0.25) is 0 Å². The minimum Gasteiger partial charge on any atom is -0.508 e. The van der Waals surface area contributed by atoms with Gasteiger partial charge in [0.05, 0.1) is 23.4 Å².